The summed E-state index contributed by atoms with van der Waals surface area (Å²) < 4.78 is 78.4. The van der Waals surface area contributed by atoms with Crippen molar-refractivity contribution in [1.82, 2.24) is 0 Å². The lowest BCUT2D eigenvalue weighted by molar-refractivity contribution is -0.500. The Bertz CT molecular complexity index is 423. The molecule has 1 aliphatic rings. The van der Waals surface area contributed by atoms with Crippen molar-refractivity contribution in [1.29, 1.82) is 0 Å². The Morgan fingerprint density at radius 1 is 0.765 bits per heavy atom. The molecule has 2 unspecified atom stereocenters. The normalized spacial score (nSPS) is 38.5. The summed E-state index contributed by atoms with van der Waals surface area (Å²) >= 11 is 0. The van der Waals surface area contributed by atoms with E-state index in [1.54, 1.807) is 0 Å². The third-order valence-electron chi connectivity index (χ3n) is 2.87. The summed E-state index contributed by atoms with van der Waals surface area (Å²) in [6.07, 6.45) is 0. The van der Waals surface area contributed by atoms with Crippen molar-refractivity contribution in [2.75, 3.05) is 0 Å². The van der Waals surface area contributed by atoms with Crippen LogP contribution in [0.3, 0.4) is 0 Å². The van der Waals surface area contributed by atoms with Gasteiger partial charge in [0.05, 0.1) is 0 Å². The average molecular weight is 256 g/mol. The van der Waals surface area contributed by atoms with Gasteiger partial charge in [-0.3, -0.25) is 0 Å². The Hall–Kier alpha value is -1.24. The Labute approximate surface area is 91.7 Å². The highest BCUT2D eigenvalue weighted by Crippen LogP contribution is 2.70. The van der Waals surface area contributed by atoms with Crippen LogP contribution in [0.1, 0.15) is 5.56 Å². The number of benzene rings is 1. The third-order valence-corrected chi connectivity index (χ3v) is 2.87. The van der Waals surface area contributed by atoms with Gasteiger partial charge in [-0.05, 0) is 0 Å². The molecule has 0 amide bonds. The Morgan fingerprint density at radius 2 is 1.24 bits per heavy atom. The van der Waals surface area contributed by atoms with Gasteiger partial charge in [0.25, 0.3) is 5.67 Å². The van der Waals surface area contributed by atoms with Gasteiger partial charge in [-0.25, -0.2) is 8.78 Å². The summed E-state index contributed by atoms with van der Waals surface area (Å²) in [4.78, 5) is 0. The minimum absolute atomic E-state index is 0.702. The van der Waals surface area contributed by atoms with Crippen LogP contribution in [0, 0.1) is 0 Å². The van der Waals surface area contributed by atoms with Crippen LogP contribution in [-0.2, 0) is 5.67 Å². The van der Waals surface area contributed by atoms with E-state index in [-0.39, 0.29) is 0 Å². The zero-order valence-corrected chi connectivity index (χ0v) is 8.10. The van der Waals surface area contributed by atoms with Crippen molar-refractivity contribution in [3.8, 4) is 0 Å². The van der Waals surface area contributed by atoms with E-state index in [1.165, 1.54) is 6.07 Å². The fraction of sp³-hybridized carbons (Fsp3) is 0.400. The maximum Gasteiger partial charge on any atom is 0.375 e. The Balaban J connectivity index is 2.60. The number of aliphatic hydroxyl groups is 1. The molecule has 94 valence electrons. The van der Waals surface area contributed by atoms with E-state index < -0.39 is 28.9 Å². The molecule has 2 atom stereocenters. The summed E-state index contributed by atoms with van der Waals surface area (Å²) in [6, 6.07) is 4.85. The third kappa shape index (κ3) is 1.01. The van der Waals surface area contributed by atoms with E-state index in [0.717, 1.165) is 12.1 Å². The van der Waals surface area contributed by atoms with Crippen molar-refractivity contribution in [2.45, 2.75) is 23.4 Å². The molecule has 1 fully saturated rings. The zero-order chi connectivity index (χ0) is 13.1. The Morgan fingerprint density at radius 3 is 1.65 bits per heavy atom. The van der Waals surface area contributed by atoms with Gasteiger partial charge in [0, 0.05) is 5.56 Å². The largest absolute Gasteiger partial charge is 0.375 e. The first-order valence-electron chi connectivity index (χ1n) is 4.52. The van der Waals surface area contributed by atoms with Crippen LogP contribution in [0.15, 0.2) is 30.3 Å². The second-order valence-corrected chi connectivity index (χ2v) is 3.80. The molecular formula is C10H6F6O. The van der Waals surface area contributed by atoms with Crippen LogP contribution in [0.5, 0.6) is 0 Å². The molecule has 7 heteroatoms. The second kappa shape index (κ2) is 2.95. The molecule has 1 aliphatic carbocycles. The lowest BCUT2D eigenvalue weighted by Gasteiger charge is -2.55. The number of rotatable bonds is 1. The molecule has 1 saturated carbocycles. The predicted octanol–water partition coefficient (Wildman–Crippen LogP) is 2.79. The van der Waals surface area contributed by atoms with Crippen LogP contribution in [0.25, 0.3) is 0 Å². The summed E-state index contributed by atoms with van der Waals surface area (Å²) in [5.41, 5.74) is -5.49. The maximum absolute atomic E-state index is 13.8. The Kier molecular flexibility index (Phi) is 2.12. The van der Waals surface area contributed by atoms with Crippen molar-refractivity contribution >= 4 is 0 Å². The SMILES string of the molecule is OC1(F)C(F)(F)C(F)(F)C1(F)c1ccccc1. The van der Waals surface area contributed by atoms with E-state index in [1.807, 2.05) is 0 Å². The first-order valence-corrected chi connectivity index (χ1v) is 4.52. The van der Waals surface area contributed by atoms with E-state index in [2.05, 4.69) is 0 Å². The standard InChI is InChI=1S/C10H6F6O/c11-7(6-4-2-1-3-5-6)8(12,13)9(14,15)10(7,16)17/h1-5,17H. The predicted molar refractivity (Wildman–Crippen MR) is 45.2 cm³/mol. The van der Waals surface area contributed by atoms with Crippen molar-refractivity contribution < 1.29 is 31.4 Å². The van der Waals surface area contributed by atoms with Gasteiger partial charge < -0.3 is 5.11 Å². The van der Waals surface area contributed by atoms with Crippen LogP contribution in [0.2, 0.25) is 0 Å². The van der Waals surface area contributed by atoms with Crippen LogP contribution in [0.4, 0.5) is 26.3 Å². The quantitative estimate of drug-likeness (QED) is 0.766. The molecule has 1 aromatic carbocycles. The lowest BCUT2D eigenvalue weighted by atomic mass is 9.65. The van der Waals surface area contributed by atoms with Crippen molar-refractivity contribution in [3.05, 3.63) is 35.9 Å². The highest BCUT2D eigenvalue weighted by atomic mass is 19.3. The average Bonchev–Trinajstić information content (AvgIpc) is 2.27. The molecule has 0 spiro atoms. The molecular weight excluding hydrogens is 250 g/mol. The molecule has 1 aromatic rings. The van der Waals surface area contributed by atoms with Crippen LogP contribution < -0.4 is 0 Å². The summed E-state index contributed by atoms with van der Waals surface area (Å²) in [5.74, 6) is -15.7. The van der Waals surface area contributed by atoms with Gasteiger partial charge >= 0.3 is 17.7 Å². The molecule has 0 aromatic heterocycles. The lowest BCUT2D eigenvalue weighted by Crippen LogP contribution is -2.84. The van der Waals surface area contributed by atoms with Gasteiger partial charge in [-0.2, -0.15) is 17.6 Å². The molecule has 0 heterocycles. The second-order valence-electron chi connectivity index (χ2n) is 3.80. The monoisotopic (exact) mass is 256 g/mol. The molecule has 0 bridgehead atoms. The summed E-state index contributed by atoms with van der Waals surface area (Å²) in [6.45, 7) is 0. The molecule has 17 heavy (non-hydrogen) atoms. The molecule has 0 saturated heterocycles. The molecule has 0 radical (unpaired) electrons. The van der Waals surface area contributed by atoms with Crippen molar-refractivity contribution in [3.63, 3.8) is 0 Å². The molecule has 1 nitrogen and oxygen atoms in total. The molecule has 1 N–H and O–H groups in total. The van der Waals surface area contributed by atoms with E-state index >= 15 is 0 Å². The van der Waals surface area contributed by atoms with Gasteiger partial charge in [-0.1, -0.05) is 30.3 Å². The number of hydrogen-bond acceptors (Lipinski definition) is 1. The summed E-state index contributed by atoms with van der Waals surface area (Å²) in [7, 11) is 0. The highest BCUT2D eigenvalue weighted by molar-refractivity contribution is 5.39. The fourth-order valence-electron chi connectivity index (χ4n) is 1.83. The zero-order valence-electron chi connectivity index (χ0n) is 8.10. The highest BCUT2D eigenvalue weighted by Gasteiger charge is 2.98. The summed E-state index contributed by atoms with van der Waals surface area (Å²) in [5, 5.41) is 8.68. The van der Waals surface area contributed by atoms with Crippen LogP contribution in [-0.4, -0.2) is 22.8 Å². The number of hydrogen-bond donors (Lipinski definition) is 1. The van der Waals surface area contributed by atoms with Gasteiger partial charge in [0.1, 0.15) is 0 Å². The van der Waals surface area contributed by atoms with E-state index in [9.17, 15) is 26.3 Å². The first-order chi connectivity index (χ1) is 7.61. The maximum atomic E-state index is 13.8. The minimum Gasteiger partial charge on any atom is -0.354 e. The van der Waals surface area contributed by atoms with E-state index in [0.29, 0.717) is 12.1 Å². The topological polar surface area (TPSA) is 20.2 Å². The molecule has 0 aliphatic heterocycles. The van der Waals surface area contributed by atoms with E-state index in [4.69, 9.17) is 5.11 Å². The van der Waals surface area contributed by atoms with Crippen LogP contribution >= 0.6 is 0 Å². The van der Waals surface area contributed by atoms with Gasteiger partial charge in [0.15, 0.2) is 0 Å². The van der Waals surface area contributed by atoms with Gasteiger partial charge in [0.2, 0.25) is 0 Å². The smallest absolute Gasteiger partial charge is 0.354 e. The minimum atomic E-state index is -5.47. The fourth-order valence-corrected chi connectivity index (χ4v) is 1.83. The van der Waals surface area contributed by atoms with Gasteiger partial charge in [-0.15, -0.1) is 0 Å². The number of halogens is 6. The molecule has 2 rings (SSSR count). The first kappa shape index (κ1) is 12.2. The number of alkyl halides is 6. The van der Waals surface area contributed by atoms with Crippen molar-refractivity contribution in [2.24, 2.45) is 0 Å².